The predicted octanol–water partition coefficient (Wildman–Crippen LogP) is 24.5. The number of aliphatic hydroxyl groups excluding tert-OH is 2. The number of rotatable bonds is 72. The Morgan fingerprint density at radius 2 is 0.506 bits per heavy atom. The van der Waals surface area contributed by atoms with Gasteiger partial charge < -0.3 is 20.3 Å². The quantitative estimate of drug-likeness (QED) is 0.0417. The van der Waals surface area contributed by atoms with Crippen molar-refractivity contribution in [3.8, 4) is 0 Å². The van der Waals surface area contributed by atoms with Gasteiger partial charge in [0.2, 0.25) is 5.91 Å². The van der Waals surface area contributed by atoms with Gasteiger partial charge in [0.15, 0.2) is 0 Å². The molecule has 0 heterocycles. The van der Waals surface area contributed by atoms with Crippen LogP contribution in [0.2, 0.25) is 0 Å². The van der Waals surface area contributed by atoms with Crippen LogP contribution in [0.3, 0.4) is 0 Å². The summed E-state index contributed by atoms with van der Waals surface area (Å²) in [6.45, 7) is 5.01. The molecule has 0 aromatic carbocycles. The number of unbranched alkanes of at least 4 members (excludes halogenated alkanes) is 61. The van der Waals surface area contributed by atoms with E-state index in [0.29, 0.717) is 25.9 Å². The summed E-state index contributed by atoms with van der Waals surface area (Å²) in [5.74, 6) is 0.000140. The van der Waals surface area contributed by atoms with Crippen molar-refractivity contribution in [2.45, 2.75) is 456 Å². The van der Waals surface area contributed by atoms with Crippen LogP contribution >= 0.6 is 0 Å². The van der Waals surface area contributed by atoms with Crippen molar-refractivity contribution >= 4 is 11.9 Å². The molecule has 0 saturated heterocycles. The minimum absolute atomic E-state index is 0.0252. The molecule has 0 aliphatic carbocycles. The molecule has 0 spiro atoms. The summed E-state index contributed by atoms with van der Waals surface area (Å²) >= 11 is 0. The number of carbonyl (C=O) groups is 2. The minimum atomic E-state index is -0.659. The zero-order valence-electron chi connectivity index (χ0n) is 55.6. The number of carbonyl (C=O) groups excluding carboxylic acids is 2. The number of ether oxygens (including phenoxy) is 1. The van der Waals surface area contributed by atoms with Crippen LogP contribution in [-0.2, 0) is 14.3 Å². The van der Waals surface area contributed by atoms with Gasteiger partial charge in [-0.3, -0.25) is 9.59 Å². The average Bonchev–Trinajstić information content (AvgIpc) is 3.47. The molecule has 0 radical (unpaired) electrons. The van der Waals surface area contributed by atoms with Gasteiger partial charge in [0.05, 0.1) is 25.4 Å². The molecule has 0 aromatic heterocycles. The highest BCUT2D eigenvalue weighted by atomic mass is 16.5. The average molecular weight is 1150 g/mol. The Morgan fingerprint density at radius 1 is 0.296 bits per heavy atom. The Morgan fingerprint density at radius 3 is 0.753 bits per heavy atom. The topological polar surface area (TPSA) is 95.9 Å². The fourth-order valence-electron chi connectivity index (χ4n) is 12.4. The third-order valence-corrected chi connectivity index (χ3v) is 18.2. The van der Waals surface area contributed by atoms with Gasteiger partial charge in [-0.15, -0.1) is 0 Å². The zero-order chi connectivity index (χ0) is 58.5. The van der Waals surface area contributed by atoms with Gasteiger partial charge in [-0.1, -0.05) is 406 Å². The van der Waals surface area contributed by atoms with E-state index < -0.39 is 12.1 Å². The molecule has 2 atom stereocenters. The molecule has 1 amide bonds. The first-order chi connectivity index (χ1) is 40.0. The van der Waals surface area contributed by atoms with Crippen molar-refractivity contribution in [2.75, 3.05) is 13.2 Å². The number of hydrogen-bond acceptors (Lipinski definition) is 5. The number of aliphatic hydroxyl groups is 2. The van der Waals surface area contributed by atoms with Gasteiger partial charge in [-0.05, 0) is 25.7 Å². The Balaban J connectivity index is 3.29. The smallest absolute Gasteiger partial charge is 0.305 e. The predicted molar refractivity (Wildman–Crippen MR) is 357 cm³/mol. The van der Waals surface area contributed by atoms with Gasteiger partial charge in [-0.25, -0.2) is 0 Å². The van der Waals surface area contributed by atoms with Crippen molar-refractivity contribution in [3.05, 3.63) is 0 Å². The first kappa shape index (κ1) is 79.9. The van der Waals surface area contributed by atoms with E-state index in [-0.39, 0.29) is 18.5 Å². The van der Waals surface area contributed by atoms with Crippen LogP contribution in [0, 0.1) is 0 Å². The SMILES string of the molecule is CCCCCCCCCCCCCCCCCCC(O)C(CO)NC(=O)CCCCCCCCCCCCCCCCCCCCCCCCCCCCCCCCCCCCCOC(=O)CCCCCCCCCCCCCCC. The summed E-state index contributed by atoms with van der Waals surface area (Å²) in [4.78, 5) is 24.6. The Hall–Kier alpha value is -1.14. The second-order valence-corrected chi connectivity index (χ2v) is 26.4. The highest BCUT2D eigenvalue weighted by molar-refractivity contribution is 5.76. The number of hydrogen-bond donors (Lipinski definition) is 3. The van der Waals surface area contributed by atoms with E-state index >= 15 is 0 Å². The number of nitrogens with one attached hydrogen (secondary N) is 1. The van der Waals surface area contributed by atoms with Gasteiger partial charge >= 0.3 is 5.97 Å². The lowest BCUT2D eigenvalue weighted by molar-refractivity contribution is -0.143. The van der Waals surface area contributed by atoms with Gasteiger partial charge in [0, 0.05) is 12.8 Å². The van der Waals surface area contributed by atoms with Crippen molar-refractivity contribution in [1.82, 2.24) is 5.32 Å². The number of esters is 1. The molecular weight excluding hydrogens is 995 g/mol. The molecule has 0 aromatic rings. The third-order valence-electron chi connectivity index (χ3n) is 18.2. The van der Waals surface area contributed by atoms with Crippen LogP contribution in [0.1, 0.15) is 444 Å². The lowest BCUT2D eigenvalue weighted by atomic mass is 10.0. The maximum absolute atomic E-state index is 12.5. The zero-order valence-corrected chi connectivity index (χ0v) is 55.6. The molecule has 2 unspecified atom stereocenters. The molecule has 81 heavy (non-hydrogen) atoms. The standard InChI is InChI=1S/C75H149NO5/c1-3-5-7-9-11-13-15-17-18-40-44-47-51-55-59-63-67-73(78)72(71-77)76-74(79)68-64-60-56-52-48-45-41-38-36-34-32-30-28-26-24-22-20-19-21-23-25-27-29-31-33-35-37-39-42-46-50-54-58-62-66-70-81-75(80)69-65-61-57-53-49-43-16-14-12-10-8-6-4-2/h72-73,77-78H,3-71H2,1-2H3,(H,76,79). The highest BCUT2D eigenvalue weighted by Crippen LogP contribution is 2.20. The maximum Gasteiger partial charge on any atom is 0.305 e. The van der Waals surface area contributed by atoms with Crippen LogP contribution in [-0.4, -0.2) is 47.4 Å². The fourth-order valence-corrected chi connectivity index (χ4v) is 12.4. The van der Waals surface area contributed by atoms with E-state index in [1.807, 2.05) is 0 Å². The molecule has 0 fully saturated rings. The lowest BCUT2D eigenvalue weighted by Gasteiger charge is -2.22. The van der Waals surface area contributed by atoms with E-state index in [9.17, 15) is 19.8 Å². The fraction of sp³-hybridized carbons (Fsp3) is 0.973. The van der Waals surface area contributed by atoms with E-state index in [4.69, 9.17) is 4.74 Å². The van der Waals surface area contributed by atoms with Crippen molar-refractivity contribution < 1.29 is 24.5 Å². The van der Waals surface area contributed by atoms with Crippen molar-refractivity contribution in [1.29, 1.82) is 0 Å². The van der Waals surface area contributed by atoms with Gasteiger partial charge in [-0.2, -0.15) is 0 Å². The monoisotopic (exact) mass is 1140 g/mol. The Labute approximate surface area is 508 Å². The van der Waals surface area contributed by atoms with Crippen molar-refractivity contribution in [3.63, 3.8) is 0 Å². The number of amides is 1. The molecule has 6 heteroatoms. The third kappa shape index (κ3) is 67.9. The van der Waals surface area contributed by atoms with E-state index in [1.54, 1.807) is 0 Å². The van der Waals surface area contributed by atoms with E-state index in [1.165, 1.54) is 372 Å². The largest absolute Gasteiger partial charge is 0.466 e. The summed E-state index contributed by atoms with van der Waals surface area (Å²) in [7, 11) is 0. The van der Waals surface area contributed by atoms with E-state index in [2.05, 4.69) is 19.2 Å². The molecule has 0 aliphatic rings. The van der Waals surface area contributed by atoms with Crippen molar-refractivity contribution in [2.24, 2.45) is 0 Å². The molecule has 0 aliphatic heterocycles. The lowest BCUT2D eigenvalue weighted by Crippen LogP contribution is -2.45. The van der Waals surface area contributed by atoms with Gasteiger partial charge in [0.1, 0.15) is 0 Å². The summed E-state index contributed by atoms with van der Waals surface area (Å²) in [5.41, 5.74) is 0. The summed E-state index contributed by atoms with van der Waals surface area (Å²) in [6, 6.07) is -0.536. The molecule has 3 N–H and O–H groups in total. The molecular formula is C75H149NO5. The molecule has 484 valence electrons. The van der Waals surface area contributed by atoms with E-state index in [0.717, 1.165) is 38.5 Å². The second kappa shape index (κ2) is 71.3. The molecule has 6 nitrogen and oxygen atoms in total. The Bertz CT molecular complexity index is 1180. The molecule has 0 saturated carbocycles. The van der Waals surface area contributed by atoms with Crippen LogP contribution in [0.25, 0.3) is 0 Å². The van der Waals surface area contributed by atoms with Crippen LogP contribution in [0.5, 0.6) is 0 Å². The molecule has 0 rings (SSSR count). The van der Waals surface area contributed by atoms with Gasteiger partial charge in [0.25, 0.3) is 0 Å². The minimum Gasteiger partial charge on any atom is -0.466 e. The summed E-state index contributed by atoms with van der Waals surface area (Å²) in [6.07, 6.45) is 87.6. The Kier molecular flexibility index (Phi) is 70.3. The summed E-state index contributed by atoms with van der Waals surface area (Å²) < 4.78 is 5.50. The normalized spacial score (nSPS) is 12.4. The van der Waals surface area contributed by atoms with Crippen LogP contribution < -0.4 is 5.32 Å². The second-order valence-electron chi connectivity index (χ2n) is 26.4. The highest BCUT2D eigenvalue weighted by Gasteiger charge is 2.20. The van der Waals surface area contributed by atoms with Crippen LogP contribution in [0.4, 0.5) is 0 Å². The first-order valence-electron chi connectivity index (χ1n) is 37.8. The van der Waals surface area contributed by atoms with Crippen LogP contribution in [0.15, 0.2) is 0 Å². The summed E-state index contributed by atoms with van der Waals surface area (Å²) in [5, 5.41) is 23.4. The molecule has 0 bridgehead atoms. The first-order valence-corrected chi connectivity index (χ1v) is 37.8. The maximum atomic E-state index is 12.5.